The van der Waals surface area contributed by atoms with Crippen molar-refractivity contribution in [2.24, 2.45) is 0 Å². The third-order valence-electron chi connectivity index (χ3n) is 3.33. The summed E-state index contributed by atoms with van der Waals surface area (Å²) in [5, 5.41) is 3.68. The van der Waals surface area contributed by atoms with Gasteiger partial charge in [-0.1, -0.05) is 0 Å². The number of nitrogens with one attached hydrogen (secondary N) is 1. The fraction of sp³-hybridized carbons (Fsp3) is 0.429. The zero-order valence-electron chi connectivity index (χ0n) is 10.8. The lowest BCUT2D eigenvalue weighted by Crippen LogP contribution is -2.12. The van der Waals surface area contributed by atoms with Gasteiger partial charge in [0.15, 0.2) is 5.13 Å². The van der Waals surface area contributed by atoms with Crippen molar-refractivity contribution in [3.05, 3.63) is 35.1 Å². The summed E-state index contributed by atoms with van der Waals surface area (Å²) in [6.07, 6.45) is 8.83. The molecule has 3 rings (SSSR count). The van der Waals surface area contributed by atoms with Crippen LogP contribution < -0.4 is 5.32 Å². The van der Waals surface area contributed by atoms with Crippen LogP contribution in [-0.4, -0.2) is 15.5 Å². The van der Waals surface area contributed by atoms with Crippen LogP contribution in [0, 0.1) is 0 Å². The van der Waals surface area contributed by atoms with E-state index in [0.29, 0.717) is 6.42 Å². The molecule has 0 fully saturated rings. The van der Waals surface area contributed by atoms with Crippen LogP contribution in [0.5, 0.6) is 0 Å². The molecule has 1 aliphatic rings. The van der Waals surface area contributed by atoms with Gasteiger partial charge in [0.1, 0.15) is 0 Å². The second-order valence-corrected chi connectivity index (χ2v) is 5.90. The number of aromatic nitrogens is 2. The maximum Gasteiger partial charge on any atom is 0.226 e. The minimum atomic E-state index is 0.0691. The quantitative estimate of drug-likeness (QED) is 0.912. The number of amides is 1. The van der Waals surface area contributed by atoms with E-state index in [4.69, 9.17) is 0 Å². The first-order valence-corrected chi connectivity index (χ1v) is 7.52. The van der Waals surface area contributed by atoms with E-state index in [0.717, 1.165) is 30.9 Å². The number of hydrogen-bond donors (Lipinski definition) is 1. The van der Waals surface area contributed by atoms with E-state index in [2.05, 4.69) is 14.9 Å². The molecule has 0 spiro atoms. The van der Waals surface area contributed by atoms with E-state index >= 15 is 0 Å². The maximum absolute atomic E-state index is 11.8. The van der Waals surface area contributed by atoms with E-state index < -0.39 is 0 Å². The van der Waals surface area contributed by atoms with Crippen LogP contribution in [0.25, 0.3) is 0 Å². The average molecular weight is 275 g/mol. The molecular formula is C14H17N3OS. The molecule has 2 heterocycles. The SMILES string of the molecule is O=C(CCCn1cccc1)Nc1nc2c(s1)CCC2. The van der Waals surface area contributed by atoms with Gasteiger partial charge in [-0.15, -0.1) is 11.3 Å². The first kappa shape index (κ1) is 12.4. The molecule has 19 heavy (non-hydrogen) atoms. The number of hydrogen-bond acceptors (Lipinski definition) is 3. The molecule has 4 nitrogen and oxygen atoms in total. The highest BCUT2D eigenvalue weighted by Crippen LogP contribution is 2.30. The number of nitrogens with zero attached hydrogens (tertiary/aromatic N) is 2. The molecule has 0 unspecified atom stereocenters. The molecule has 1 N–H and O–H groups in total. The Balaban J connectivity index is 1.45. The van der Waals surface area contributed by atoms with E-state index in [1.165, 1.54) is 17.0 Å². The molecule has 1 amide bonds. The molecule has 2 aromatic rings. The Morgan fingerprint density at radius 1 is 1.37 bits per heavy atom. The van der Waals surface area contributed by atoms with Gasteiger partial charge in [0.2, 0.25) is 5.91 Å². The molecule has 100 valence electrons. The van der Waals surface area contributed by atoms with Crippen molar-refractivity contribution < 1.29 is 4.79 Å². The number of thiazole rings is 1. The normalized spacial score (nSPS) is 13.5. The lowest BCUT2D eigenvalue weighted by Gasteiger charge is -2.03. The van der Waals surface area contributed by atoms with Gasteiger partial charge in [-0.3, -0.25) is 4.79 Å². The summed E-state index contributed by atoms with van der Waals surface area (Å²) in [6.45, 7) is 0.884. The molecule has 0 aliphatic heterocycles. The van der Waals surface area contributed by atoms with Crippen LogP contribution in [0.2, 0.25) is 0 Å². The van der Waals surface area contributed by atoms with Crippen molar-refractivity contribution in [3.8, 4) is 0 Å². The van der Waals surface area contributed by atoms with Crippen LogP contribution >= 0.6 is 11.3 Å². The predicted molar refractivity (Wildman–Crippen MR) is 76.4 cm³/mol. The lowest BCUT2D eigenvalue weighted by atomic mass is 10.3. The monoisotopic (exact) mass is 275 g/mol. The van der Waals surface area contributed by atoms with Crippen molar-refractivity contribution in [2.45, 2.75) is 38.6 Å². The number of anilines is 1. The highest BCUT2D eigenvalue weighted by molar-refractivity contribution is 7.15. The number of carbonyl (C=O) groups excluding carboxylic acids is 1. The Labute approximate surface area is 116 Å². The molecule has 0 atom stereocenters. The molecule has 0 saturated carbocycles. The number of carbonyl (C=O) groups is 1. The van der Waals surface area contributed by atoms with Gasteiger partial charge in [-0.2, -0.15) is 0 Å². The second-order valence-electron chi connectivity index (χ2n) is 4.82. The fourth-order valence-electron chi connectivity index (χ4n) is 2.37. The van der Waals surface area contributed by atoms with Crippen LogP contribution in [0.3, 0.4) is 0 Å². The summed E-state index contributed by atoms with van der Waals surface area (Å²) in [7, 11) is 0. The van der Waals surface area contributed by atoms with Gasteiger partial charge in [-0.25, -0.2) is 4.98 Å². The van der Waals surface area contributed by atoms with Crippen molar-refractivity contribution in [3.63, 3.8) is 0 Å². The highest BCUT2D eigenvalue weighted by Gasteiger charge is 2.17. The Hall–Kier alpha value is -1.62. The largest absolute Gasteiger partial charge is 0.354 e. The van der Waals surface area contributed by atoms with Gasteiger partial charge in [-0.05, 0) is 37.8 Å². The molecular weight excluding hydrogens is 258 g/mol. The molecule has 0 radical (unpaired) electrons. The average Bonchev–Trinajstić information content (AvgIpc) is 3.04. The smallest absolute Gasteiger partial charge is 0.226 e. The number of rotatable bonds is 5. The van der Waals surface area contributed by atoms with Gasteiger partial charge >= 0.3 is 0 Å². The maximum atomic E-state index is 11.8. The zero-order chi connectivity index (χ0) is 13.1. The molecule has 1 aliphatic carbocycles. The van der Waals surface area contributed by atoms with Gasteiger partial charge in [0.25, 0.3) is 0 Å². The zero-order valence-corrected chi connectivity index (χ0v) is 11.6. The predicted octanol–water partition coefficient (Wildman–Crippen LogP) is 2.85. The number of aryl methyl sites for hydroxylation is 3. The van der Waals surface area contributed by atoms with Gasteiger partial charge < -0.3 is 9.88 Å². The van der Waals surface area contributed by atoms with E-state index in [1.54, 1.807) is 11.3 Å². The molecule has 0 saturated heterocycles. The first-order valence-electron chi connectivity index (χ1n) is 6.70. The Morgan fingerprint density at radius 2 is 2.21 bits per heavy atom. The molecule has 0 bridgehead atoms. The van der Waals surface area contributed by atoms with Crippen molar-refractivity contribution in [1.29, 1.82) is 0 Å². The second kappa shape index (κ2) is 5.57. The fourth-order valence-corrected chi connectivity index (χ4v) is 3.43. The van der Waals surface area contributed by atoms with E-state index in [9.17, 15) is 4.79 Å². The van der Waals surface area contributed by atoms with Crippen LogP contribution in [0.15, 0.2) is 24.5 Å². The summed E-state index contributed by atoms with van der Waals surface area (Å²) in [5.41, 5.74) is 1.19. The van der Waals surface area contributed by atoms with Crippen LogP contribution in [0.1, 0.15) is 29.8 Å². The highest BCUT2D eigenvalue weighted by atomic mass is 32.1. The van der Waals surface area contributed by atoms with Gasteiger partial charge in [0, 0.05) is 30.2 Å². The summed E-state index contributed by atoms with van der Waals surface area (Å²) in [5.74, 6) is 0.0691. The minimum Gasteiger partial charge on any atom is -0.354 e. The Morgan fingerprint density at radius 3 is 3.00 bits per heavy atom. The topological polar surface area (TPSA) is 46.9 Å². The van der Waals surface area contributed by atoms with Crippen LogP contribution in [0.4, 0.5) is 5.13 Å². The third-order valence-corrected chi connectivity index (χ3v) is 4.40. The van der Waals surface area contributed by atoms with Crippen LogP contribution in [-0.2, 0) is 24.2 Å². The van der Waals surface area contributed by atoms with Crippen molar-refractivity contribution in [1.82, 2.24) is 9.55 Å². The molecule has 0 aromatic carbocycles. The standard InChI is InChI=1S/C14H17N3OS/c18-13(7-4-10-17-8-1-2-9-17)16-14-15-11-5-3-6-12(11)19-14/h1-2,8-9H,3-7,10H2,(H,15,16,18). The van der Waals surface area contributed by atoms with E-state index in [1.807, 2.05) is 24.5 Å². The summed E-state index contributed by atoms with van der Waals surface area (Å²) in [4.78, 5) is 17.6. The summed E-state index contributed by atoms with van der Waals surface area (Å²) in [6, 6.07) is 3.99. The Kier molecular flexibility index (Phi) is 3.64. The number of fused-ring (bicyclic) bond motifs is 1. The van der Waals surface area contributed by atoms with Gasteiger partial charge in [0.05, 0.1) is 5.69 Å². The summed E-state index contributed by atoms with van der Waals surface area (Å²) >= 11 is 1.63. The van der Waals surface area contributed by atoms with E-state index in [-0.39, 0.29) is 5.91 Å². The lowest BCUT2D eigenvalue weighted by molar-refractivity contribution is -0.116. The molecule has 2 aromatic heterocycles. The summed E-state index contributed by atoms with van der Waals surface area (Å²) < 4.78 is 2.09. The Bertz CT molecular complexity index is 538. The minimum absolute atomic E-state index is 0.0691. The van der Waals surface area contributed by atoms with Crippen molar-refractivity contribution in [2.75, 3.05) is 5.32 Å². The third kappa shape index (κ3) is 3.04. The molecule has 5 heteroatoms. The van der Waals surface area contributed by atoms with Crippen molar-refractivity contribution >= 4 is 22.4 Å². The first-order chi connectivity index (χ1) is 9.31.